The fourth-order valence-electron chi connectivity index (χ4n) is 4.11. The van der Waals surface area contributed by atoms with Gasteiger partial charge in [-0.15, -0.1) is 0 Å². The van der Waals surface area contributed by atoms with Crippen molar-refractivity contribution in [1.29, 1.82) is 0 Å². The first kappa shape index (κ1) is 19.0. The van der Waals surface area contributed by atoms with Gasteiger partial charge in [0.1, 0.15) is 5.82 Å². The quantitative estimate of drug-likeness (QED) is 0.744. The third kappa shape index (κ3) is 4.93. The summed E-state index contributed by atoms with van der Waals surface area (Å²) < 4.78 is 5.50. The summed E-state index contributed by atoms with van der Waals surface area (Å²) in [7, 11) is 0. The zero-order valence-electron chi connectivity index (χ0n) is 16.8. The standard InChI is InChI=1S/C22H31N5O/c1-17-16-21(24-18-8-4-2-3-5-9-18)26-22(23-17)25-19-10-6-7-11-20(19)27-12-14-28-15-13-27/h6-7,10-11,16,18H,2-5,8-9,12-15H2,1H3,(H2,23,24,25,26). The first-order valence-electron chi connectivity index (χ1n) is 10.6. The molecule has 6 nitrogen and oxygen atoms in total. The van der Waals surface area contributed by atoms with E-state index < -0.39 is 0 Å². The highest BCUT2D eigenvalue weighted by atomic mass is 16.5. The molecule has 2 aromatic rings. The minimum absolute atomic E-state index is 0.519. The number of morpholine rings is 1. The van der Waals surface area contributed by atoms with Crippen LogP contribution in [0.15, 0.2) is 30.3 Å². The van der Waals surface area contributed by atoms with E-state index in [4.69, 9.17) is 9.72 Å². The highest BCUT2D eigenvalue weighted by Gasteiger charge is 2.16. The molecule has 1 aromatic heterocycles. The lowest BCUT2D eigenvalue weighted by Gasteiger charge is -2.30. The third-order valence-electron chi connectivity index (χ3n) is 5.56. The maximum absolute atomic E-state index is 5.50. The molecule has 1 saturated carbocycles. The van der Waals surface area contributed by atoms with E-state index in [0.717, 1.165) is 43.5 Å². The van der Waals surface area contributed by atoms with Crippen LogP contribution in [0.25, 0.3) is 0 Å². The smallest absolute Gasteiger partial charge is 0.229 e. The minimum atomic E-state index is 0.519. The molecular weight excluding hydrogens is 350 g/mol. The molecule has 6 heteroatoms. The SMILES string of the molecule is Cc1cc(NC2CCCCCC2)nc(Nc2ccccc2N2CCOCC2)n1. The van der Waals surface area contributed by atoms with Crippen LogP contribution in [0.1, 0.15) is 44.2 Å². The number of rotatable bonds is 5. The highest BCUT2D eigenvalue weighted by molar-refractivity contribution is 5.73. The van der Waals surface area contributed by atoms with Crippen molar-refractivity contribution in [2.75, 3.05) is 41.8 Å². The van der Waals surface area contributed by atoms with E-state index in [0.29, 0.717) is 12.0 Å². The van der Waals surface area contributed by atoms with Crippen molar-refractivity contribution in [2.45, 2.75) is 51.5 Å². The van der Waals surface area contributed by atoms with E-state index >= 15 is 0 Å². The molecule has 0 spiro atoms. The van der Waals surface area contributed by atoms with Crippen LogP contribution in [0.5, 0.6) is 0 Å². The van der Waals surface area contributed by atoms with E-state index in [1.807, 2.05) is 19.1 Å². The van der Waals surface area contributed by atoms with Crippen LogP contribution in [-0.2, 0) is 4.74 Å². The molecule has 2 heterocycles. The predicted molar refractivity (Wildman–Crippen MR) is 115 cm³/mol. The highest BCUT2D eigenvalue weighted by Crippen LogP contribution is 2.29. The Kier molecular flexibility index (Phi) is 6.27. The first-order chi connectivity index (χ1) is 13.8. The largest absolute Gasteiger partial charge is 0.378 e. The number of aromatic nitrogens is 2. The molecule has 28 heavy (non-hydrogen) atoms. The third-order valence-corrected chi connectivity index (χ3v) is 5.56. The van der Waals surface area contributed by atoms with Crippen LogP contribution >= 0.6 is 0 Å². The predicted octanol–water partition coefficient (Wildman–Crippen LogP) is 4.50. The van der Waals surface area contributed by atoms with Crippen molar-refractivity contribution < 1.29 is 4.74 Å². The Hall–Kier alpha value is -2.34. The van der Waals surface area contributed by atoms with Gasteiger partial charge in [-0.05, 0) is 31.9 Å². The van der Waals surface area contributed by atoms with Gasteiger partial charge < -0.3 is 20.3 Å². The zero-order valence-corrected chi connectivity index (χ0v) is 16.8. The molecule has 1 aliphatic carbocycles. The normalized spacial score (nSPS) is 18.5. The number of benzene rings is 1. The van der Waals surface area contributed by atoms with Crippen molar-refractivity contribution in [3.63, 3.8) is 0 Å². The second-order valence-electron chi connectivity index (χ2n) is 7.79. The molecule has 1 aromatic carbocycles. The lowest BCUT2D eigenvalue weighted by atomic mass is 10.1. The number of aryl methyl sites for hydroxylation is 1. The Morgan fingerprint density at radius 3 is 2.54 bits per heavy atom. The van der Waals surface area contributed by atoms with Crippen LogP contribution in [0.3, 0.4) is 0 Å². The van der Waals surface area contributed by atoms with Gasteiger partial charge in [0.15, 0.2) is 0 Å². The van der Waals surface area contributed by atoms with Crippen molar-refractivity contribution in [1.82, 2.24) is 9.97 Å². The molecule has 4 rings (SSSR count). The van der Waals surface area contributed by atoms with Gasteiger partial charge in [0, 0.05) is 30.9 Å². The summed E-state index contributed by atoms with van der Waals surface area (Å²) in [6.45, 7) is 5.37. The molecule has 150 valence electrons. The van der Waals surface area contributed by atoms with Gasteiger partial charge in [-0.25, -0.2) is 4.98 Å². The number of nitrogens with one attached hydrogen (secondary N) is 2. The summed E-state index contributed by atoms with van der Waals surface area (Å²) >= 11 is 0. The van der Waals surface area contributed by atoms with Crippen molar-refractivity contribution in [3.8, 4) is 0 Å². The summed E-state index contributed by atoms with van der Waals surface area (Å²) in [6, 6.07) is 10.9. The van der Waals surface area contributed by atoms with Crippen LogP contribution in [-0.4, -0.2) is 42.3 Å². The molecular formula is C22H31N5O. The van der Waals surface area contributed by atoms with E-state index in [9.17, 15) is 0 Å². The average Bonchev–Trinajstić information content (AvgIpc) is 2.97. The van der Waals surface area contributed by atoms with Crippen LogP contribution in [0, 0.1) is 6.92 Å². The second-order valence-corrected chi connectivity index (χ2v) is 7.79. The molecule has 0 atom stereocenters. The van der Waals surface area contributed by atoms with Crippen LogP contribution in [0.2, 0.25) is 0 Å². The van der Waals surface area contributed by atoms with Crippen molar-refractivity contribution in [3.05, 3.63) is 36.0 Å². The minimum Gasteiger partial charge on any atom is -0.378 e. The Bertz CT molecular complexity index is 767. The summed E-state index contributed by atoms with van der Waals surface area (Å²) in [4.78, 5) is 11.7. The molecule has 0 unspecified atom stereocenters. The van der Waals surface area contributed by atoms with E-state index in [-0.39, 0.29) is 0 Å². The second kappa shape index (κ2) is 9.24. The van der Waals surface area contributed by atoms with Gasteiger partial charge in [0.2, 0.25) is 5.95 Å². The first-order valence-corrected chi connectivity index (χ1v) is 10.6. The Labute approximate surface area is 167 Å². The Morgan fingerprint density at radius 2 is 1.75 bits per heavy atom. The fraction of sp³-hybridized carbons (Fsp3) is 0.545. The number of para-hydroxylation sites is 2. The van der Waals surface area contributed by atoms with Gasteiger partial charge in [-0.3, -0.25) is 0 Å². The van der Waals surface area contributed by atoms with Gasteiger partial charge in [-0.2, -0.15) is 4.98 Å². The molecule has 1 aliphatic heterocycles. The van der Waals surface area contributed by atoms with Gasteiger partial charge in [-0.1, -0.05) is 37.8 Å². The lowest BCUT2D eigenvalue weighted by Crippen LogP contribution is -2.36. The van der Waals surface area contributed by atoms with Crippen molar-refractivity contribution >= 4 is 23.1 Å². The summed E-state index contributed by atoms with van der Waals surface area (Å²) in [5.41, 5.74) is 3.18. The Balaban J connectivity index is 1.51. The summed E-state index contributed by atoms with van der Waals surface area (Å²) in [6.07, 6.45) is 7.77. The topological polar surface area (TPSA) is 62.3 Å². The number of anilines is 4. The zero-order chi connectivity index (χ0) is 19.2. The lowest BCUT2D eigenvalue weighted by molar-refractivity contribution is 0.123. The number of nitrogens with zero attached hydrogens (tertiary/aromatic N) is 3. The van der Waals surface area contributed by atoms with Gasteiger partial charge in [0.25, 0.3) is 0 Å². The number of hydrogen-bond acceptors (Lipinski definition) is 6. The summed E-state index contributed by atoms with van der Waals surface area (Å²) in [5.74, 6) is 1.57. The van der Waals surface area contributed by atoms with Crippen LogP contribution < -0.4 is 15.5 Å². The molecule has 0 radical (unpaired) electrons. The monoisotopic (exact) mass is 381 g/mol. The maximum Gasteiger partial charge on any atom is 0.229 e. The van der Waals surface area contributed by atoms with Gasteiger partial charge in [0.05, 0.1) is 24.6 Å². The molecule has 1 saturated heterocycles. The van der Waals surface area contributed by atoms with E-state index in [1.165, 1.54) is 44.2 Å². The molecule has 2 aliphatic rings. The average molecular weight is 382 g/mol. The fourth-order valence-corrected chi connectivity index (χ4v) is 4.11. The number of ether oxygens (including phenoxy) is 1. The maximum atomic E-state index is 5.50. The molecule has 2 N–H and O–H groups in total. The molecule has 0 bridgehead atoms. The Morgan fingerprint density at radius 1 is 1.00 bits per heavy atom. The molecule has 2 fully saturated rings. The van der Waals surface area contributed by atoms with Crippen LogP contribution in [0.4, 0.5) is 23.1 Å². The van der Waals surface area contributed by atoms with Gasteiger partial charge >= 0.3 is 0 Å². The molecule has 0 amide bonds. The van der Waals surface area contributed by atoms with E-state index in [1.54, 1.807) is 0 Å². The van der Waals surface area contributed by atoms with E-state index in [2.05, 4.69) is 38.7 Å². The summed E-state index contributed by atoms with van der Waals surface area (Å²) in [5, 5.41) is 7.10. The number of hydrogen-bond donors (Lipinski definition) is 2. The van der Waals surface area contributed by atoms with Crippen molar-refractivity contribution in [2.24, 2.45) is 0 Å².